The first-order valence-electron chi connectivity index (χ1n) is 10.7. The molecule has 2 atom stereocenters. The summed E-state index contributed by atoms with van der Waals surface area (Å²) in [7, 11) is 0. The molecule has 4 aromatic rings. The standard InChI is InChI=1S/C23H25N7O2/c1-13-7-20(27-29-10-14(2)25-22(13)29)21-24-9-17-8-18(5-6-19(17)26-21)28-11-15(3)30(23(31)32)16(4)12-28/h5-10,15-16H,11-12H2,1-4H3,(H,31,32)/t15-,16-/m0/s1. The predicted molar refractivity (Wildman–Crippen MR) is 122 cm³/mol. The molecule has 1 saturated heterocycles. The van der Waals surface area contributed by atoms with E-state index in [0.29, 0.717) is 24.6 Å². The van der Waals surface area contributed by atoms with E-state index in [-0.39, 0.29) is 12.1 Å². The van der Waals surface area contributed by atoms with Crippen molar-refractivity contribution in [3.8, 4) is 11.5 Å². The molecule has 4 heterocycles. The number of amides is 1. The van der Waals surface area contributed by atoms with Crippen molar-refractivity contribution in [1.82, 2.24) is 29.5 Å². The van der Waals surface area contributed by atoms with E-state index in [1.54, 1.807) is 4.52 Å². The maximum absolute atomic E-state index is 11.5. The Balaban J connectivity index is 1.46. The Bertz CT molecular complexity index is 1340. The number of hydrogen-bond acceptors (Lipinski definition) is 6. The second kappa shape index (κ2) is 7.44. The van der Waals surface area contributed by atoms with E-state index in [1.165, 1.54) is 4.90 Å². The maximum Gasteiger partial charge on any atom is 0.407 e. The van der Waals surface area contributed by atoms with Crippen molar-refractivity contribution in [3.05, 3.63) is 47.9 Å². The van der Waals surface area contributed by atoms with E-state index in [0.717, 1.165) is 33.5 Å². The van der Waals surface area contributed by atoms with E-state index < -0.39 is 6.09 Å². The second-order valence-electron chi connectivity index (χ2n) is 8.59. The third-order valence-electron chi connectivity index (χ3n) is 6.03. The molecule has 1 aromatic carbocycles. The molecule has 0 aliphatic carbocycles. The fourth-order valence-electron chi connectivity index (χ4n) is 4.61. The number of hydrogen-bond donors (Lipinski definition) is 1. The zero-order valence-electron chi connectivity index (χ0n) is 18.5. The molecule has 9 nitrogen and oxygen atoms in total. The average Bonchev–Trinajstić information content (AvgIpc) is 3.13. The number of piperazine rings is 1. The van der Waals surface area contributed by atoms with Crippen LogP contribution in [0.5, 0.6) is 0 Å². The number of nitrogens with zero attached hydrogens (tertiary/aromatic N) is 7. The quantitative estimate of drug-likeness (QED) is 0.518. The average molecular weight is 432 g/mol. The molecule has 1 amide bonds. The number of carbonyl (C=O) groups is 1. The van der Waals surface area contributed by atoms with Crippen LogP contribution in [0.15, 0.2) is 36.7 Å². The van der Waals surface area contributed by atoms with E-state index in [9.17, 15) is 9.90 Å². The summed E-state index contributed by atoms with van der Waals surface area (Å²) in [6.45, 7) is 9.14. The molecule has 0 saturated carbocycles. The molecule has 1 aliphatic heterocycles. The normalized spacial score (nSPS) is 19.1. The number of fused-ring (bicyclic) bond motifs is 2. The van der Waals surface area contributed by atoms with Gasteiger partial charge in [-0.3, -0.25) is 4.90 Å². The van der Waals surface area contributed by atoms with Gasteiger partial charge in [0.25, 0.3) is 0 Å². The molecule has 1 aliphatic rings. The lowest BCUT2D eigenvalue weighted by Crippen LogP contribution is -2.58. The van der Waals surface area contributed by atoms with Crippen molar-refractivity contribution in [2.75, 3.05) is 18.0 Å². The molecule has 9 heteroatoms. The largest absolute Gasteiger partial charge is 0.465 e. The molecule has 0 spiro atoms. The van der Waals surface area contributed by atoms with Gasteiger partial charge in [-0.15, -0.1) is 0 Å². The molecule has 3 aromatic heterocycles. The van der Waals surface area contributed by atoms with Gasteiger partial charge >= 0.3 is 6.09 Å². The summed E-state index contributed by atoms with van der Waals surface area (Å²) in [6.07, 6.45) is 2.85. The fraction of sp³-hybridized carbons (Fsp3) is 0.348. The Hall–Kier alpha value is -3.75. The zero-order chi connectivity index (χ0) is 22.6. The monoisotopic (exact) mass is 431 g/mol. The summed E-state index contributed by atoms with van der Waals surface area (Å²) in [6, 6.07) is 7.89. The van der Waals surface area contributed by atoms with Gasteiger partial charge in [0.05, 0.1) is 29.5 Å². The fourth-order valence-corrected chi connectivity index (χ4v) is 4.61. The second-order valence-corrected chi connectivity index (χ2v) is 8.59. The third kappa shape index (κ3) is 3.39. The summed E-state index contributed by atoms with van der Waals surface area (Å²) >= 11 is 0. The lowest BCUT2D eigenvalue weighted by molar-refractivity contribution is 0.0983. The van der Waals surface area contributed by atoms with Crippen molar-refractivity contribution in [1.29, 1.82) is 0 Å². The van der Waals surface area contributed by atoms with Crippen LogP contribution in [0.25, 0.3) is 28.1 Å². The molecule has 5 rings (SSSR count). The molecule has 1 fully saturated rings. The number of benzene rings is 1. The van der Waals surface area contributed by atoms with Gasteiger partial charge in [0.15, 0.2) is 11.5 Å². The molecular weight excluding hydrogens is 406 g/mol. The third-order valence-corrected chi connectivity index (χ3v) is 6.03. The van der Waals surface area contributed by atoms with E-state index >= 15 is 0 Å². The maximum atomic E-state index is 11.5. The number of aromatic nitrogens is 5. The van der Waals surface area contributed by atoms with Crippen LogP contribution in [0.1, 0.15) is 25.1 Å². The summed E-state index contributed by atoms with van der Waals surface area (Å²) in [5.41, 5.74) is 5.35. The molecule has 0 bridgehead atoms. The minimum absolute atomic E-state index is 0.0818. The van der Waals surface area contributed by atoms with Crippen LogP contribution >= 0.6 is 0 Å². The van der Waals surface area contributed by atoms with E-state index in [4.69, 9.17) is 4.98 Å². The van der Waals surface area contributed by atoms with Crippen LogP contribution in [-0.4, -0.2) is 65.8 Å². The van der Waals surface area contributed by atoms with Gasteiger partial charge < -0.3 is 10.0 Å². The SMILES string of the molecule is Cc1cn2nc(-c3ncc4cc(N5C[C@H](C)N(C(=O)O)[C@@H](C)C5)ccc4n3)cc(C)c2n1. The molecule has 0 radical (unpaired) electrons. The lowest BCUT2D eigenvalue weighted by atomic mass is 10.1. The van der Waals surface area contributed by atoms with Gasteiger partial charge in [-0.1, -0.05) is 0 Å². The minimum atomic E-state index is -0.864. The number of anilines is 1. The Morgan fingerprint density at radius 1 is 1.09 bits per heavy atom. The number of imidazole rings is 1. The molecule has 0 unspecified atom stereocenters. The highest BCUT2D eigenvalue weighted by Crippen LogP contribution is 2.27. The van der Waals surface area contributed by atoms with Crippen LogP contribution in [0.4, 0.5) is 10.5 Å². The summed E-state index contributed by atoms with van der Waals surface area (Å²) in [5.74, 6) is 0.568. The van der Waals surface area contributed by atoms with Crippen molar-refractivity contribution in [2.45, 2.75) is 39.8 Å². The van der Waals surface area contributed by atoms with Crippen LogP contribution in [0.3, 0.4) is 0 Å². The lowest BCUT2D eigenvalue weighted by Gasteiger charge is -2.43. The minimum Gasteiger partial charge on any atom is -0.465 e. The van der Waals surface area contributed by atoms with Gasteiger partial charge in [-0.2, -0.15) is 5.10 Å². The Kier molecular flexibility index (Phi) is 4.69. The Morgan fingerprint density at radius 2 is 1.84 bits per heavy atom. The first-order chi connectivity index (χ1) is 15.3. The smallest absolute Gasteiger partial charge is 0.407 e. The Labute approximate surface area is 185 Å². The molecule has 164 valence electrons. The number of aryl methyl sites for hydroxylation is 2. The van der Waals surface area contributed by atoms with Gasteiger partial charge in [-0.25, -0.2) is 24.3 Å². The van der Waals surface area contributed by atoms with Crippen molar-refractivity contribution in [3.63, 3.8) is 0 Å². The molecular formula is C23H25N7O2. The van der Waals surface area contributed by atoms with Gasteiger partial charge in [0.2, 0.25) is 0 Å². The summed E-state index contributed by atoms with van der Waals surface area (Å²) in [5, 5.41) is 15.0. The first kappa shape index (κ1) is 20.2. The zero-order valence-corrected chi connectivity index (χ0v) is 18.5. The first-order valence-corrected chi connectivity index (χ1v) is 10.7. The number of rotatable bonds is 2. The molecule has 1 N–H and O–H groups in total. The molecule has 32 heavy (non-hydrogen) atoms. The van der Waals surface area contributed by atoms with E-state index in [2.05, 4.69) is 26.0 Å². The van der Waals surface area contributed by atoms with Crippen LogP contribution in [0, 0.1) is 13.8 Å². The van der Waals surface area contributed by atoms with Gasteiger partial charge in [0.1, 0.15) is 5.69 Å². The summed E-state index contributed by atoms with van der Waals surface area (Å²) < 4.78 is 1.77. The van der Waals surface area contributed by atoms with Gasteiger partial charge in [-0.05, 0) is 57.5 Å². The van der Waals surface area contributed by atoms with Crippen LogP contribution in [-0.2, 0) is 0 Å². The number of carboxylic acid groups (broad SMARTS) is 1. The topological polar surface area (TPSA) is 99.8 Å². The van der Waals surface area contributed by atoms with Crippen molar-refractivity contribution >= 4 is 28.3 Å². The highest BCUT2D eigenvalue weighted by Gasteiger charge is 2.32. The van der Waals surface area contributed by atoms with Crippen LogP contribution < -0.4 is 4.90 Å². The highest BCUT2D eigenvalue weighted by molar-refractivity contribution is 5.83. The van der Waals surface area contributed by atoms with Crippen molar-refractivity contribution < 1.29 is 9.90 Å². The van der Waals surface area contributed by atoms with E-state index in [1.807, 2.05) is 58.3 Å². The van der Waals surface area contributed by atoms with Crippen molar-refractivity contribution in [2.24, 2.45) is 0 Å². The Morgan fingerprint density at radius 3 is 2.56 bits per heavy atom. The highest BCUT2D eigenvalue weighted by atomic mass is 16.4. The van der Waals surface area contributed by atoms with Gasteiger partial charge in [0, 0.05) is 30.4 Å². The predicted octanol–water partition coefficient (Wildman–Crippen LogP) is 3.53. The summed E-state index contributed by atoms with van der Waals surface area (Å²) in [4.78, 5) is 29.1. The van der Waals surface area contributed by atoms with Crippen LogP contribution in [0.2, 0.25) is 0 Å².